The molecule has 0 bridgehead atoms. The maximum atomic E-state index is 12.5. The summed E-state index contributed by atoms with van der Waals surface area (Å²) in [6.07, 6.45) is 1.91. The van der Waals surface area contributed by atoms with Crippen molar-refractivity contribution < 1.29 is 19.1 Å². The highest BCUT2D eigenvalue weighted by atomic mass is 16.5. The first kappa shape index (κ1) is 19.0. The highest BCUT2D eigenvalue weighted by Gasteiger charge is 2.45. The molecule has 22 heavy (non-hydrogen) atoms. The van der Waals surface area contributed by atoms with Crippen LogP contribution in [-0.2, 0) is 19.1 Å². The van der Waals surface area contributed by atoms with E-state index in [1.807, 2.05) is 41.5 Å². The van der Waals surface area contributed by atoms with Gasteiger partial charge in [-0.3, -0.25) is 9.59 Å². The number of rotatable bonds is 6. The Bertz CT molecular complexity index is 339. The van der Waals surface area contributed by atoms with Crippen LogP contribution < -0.4 is 0 Å². The Kier molecular flexibility index (Phi) is 7.37. The Labute approximate surface area is 134 Å². The van der Waals surface area contributed by atoms with E-state index in [-0.39, 0.29) is 35.6 Å². The Hall–Kier alpha value is -1.06. The lowest BCUT2D eigenvalue weighted by Gasteiger charge is -2.37. The van der Waals surface area contributed by atoms with Gasteiger partial charge in [0.05, 0.1) is 25.0 Å². The second kappa shape index (κ2) is 8.54. The summed E-state index contributed by atoms with van der Waals surface area (Å²) in [5.74, 6) is -0.305. The Morgan fingerprint density at radius 1 is 0.818 bits per heavy atom. The molecule has 0 aromatic carbocycles. The first-order chi connectivity index (χ1) is 10.2. The van der Waals surface area contributed by atoms with Crippen molar-refractivity contribution >= 4 is 11.9 Å². The summed E-state index contributed by atoms with van der Waals surface area (Å²) in [5.41, 5.74) is 0. The molecule has 0 aromatic rings. The molecule has 0 aliphatic heterocycles. The van der Waals surface area contributed by atoms with Crippen molar-refractivity contribution in [2.24, 2.45) is 35.5 Å². The minimum absolute atomic E-state index is 0.160. The molecule has 1 aliphatic rings. The maximum Gasteiger partial charge on any atom is 0.310 e. The second-order valence-corrected chi connectivity index (χ2v) is 7.63. The van der Waals surface area contributed by atoms with E-state index >= 15 is 0 Å². The van der Waals surface area contributed by atoms with E-state index in [2.05, 4.69) is 0 Å². The standard InChI is InChI=1S/C18H32O4/c1-11(2)9-21-17(19)15-13(5)7-8-14(6)16(15)18(20)22-10-12(3)4/h11-16H,7-10H2,1-6H3. The third kappa shape index (κ3) is 5.29. The number of ether oxygens (including phenoxy) is 2. The molecule has 0 aromatic heterocycles. The van der Waals surface area contributed by atoms with Crippen LogP contribution >= 0.6 is 0 Å². The zero-order valence-electron chi connectivity index (χ0n) is 14.9. The van der Waals surface area contributed by atoms with E-state index in [0.29, 0.717) is 25.0 Å². The average Bonchev–Trinajstić information content (AvgIpc) is 2.44. The molecule has 4 unspecified atom stereocenters. The number of hydrogen-bond donors (Lipinski definition) is 0. The Balaban J connectivity index is 2.81. The summed E-state index contributed by atoms with van der Waals surface area (Å²) >= 11 is 0. The van der Waals surface area contributed by atoms with E-state index in [1.54, 1.807) is 0 Å². The second-order valence-electron chi connectivity index (χ2n) is 7.63. The normalized spacial score (nSPS) is 28.7. The van der Waals surface area contributed by atoms with Gasteiger partial charge in [-0.2, -0.15) is 0 Å². The first-order valence-electron chi connectivity index (χ1n) is 8.57. The summed E-state index contributed by atoms with van der Waals surface area (Å²) in [6, 6.07) is 0. The molecule has 1 fully saturated rings. The molecule has 0 amide bonds. The molecule has 0 spiro atoms. The van der Waals surface area contributed by atoms with Crippen molar-refractivity contribution in [3.8, 4) is 0 Å². The minimum atomic E-state index is -0.373. The molecule has 0 N–H and O–H groups in total. The number of carbonyl (C=O) groups is 2. The number of carbonyl (C=O) groups excluding carboxylic acids is 2. The molecule has 4 heteroatoms. The van der Waals surface area contributed by atoms with E-state index in [0.717, 1.165) is 12.8 Å². The van der Waals surface area contributed by atoms with Crippen LogP contribution in [0.2, 0.25) is 0 Å². The van der Waals surface area contributed by atoms with Gasteiger partial charge in [-0.1, -0.05) is 41.5 Å². The number of esters is 2. The van der Waals surface area contributed by atoms with Gasteiger partial charge < -0.3 is 9.47 Å². The van der Waals surface area contributed by atoms with Crippen LogP contribution in [0, 0.1) is 35.5 Å². The van der Waals surface area contributed by atoms with Crippen LogP contribution in [0.1, 0.15) is 54.4 Å². The van der Waals surface area contributed by atoms with Crippen molar-refractivity contribution in [3.05, 3.63) is 0 Å². The third-order valence-electron chi connectivity index (χ3n) is 4.35. The van der Waals surface area contributed by atoms with Crippen LogP contribution in [0.3, 0.4) is 0 Å². The van der Waals surface area contributed by atoms with Gasteiger partial charge in [0.1, 0.15) is 0 Å². The predicted octanol–water partition coefficient (Wildman–Crippen LogP) is 3.68. The SMILES string of the molecule is CC(C)COC(=O)C1C(C)CCC(C)C1C(=O)OCC(C)C. The fourth-order valence-corrected chi connectivity index (χ4v) is 3.04. The highest BCUT2D eigenvalue weighted by molar-refractivity contribution is 5.82. The van der Waals surface area contributed by atoms with Gasteiger partial charge in [0.25, 0.3) is 0 Å². The van der Waals surface area contributed by atoms with Gasteiger partial charge in [0.2, 0.25) is 0 Å². The van der Waals surface area contributed by atoms with Crippen LogP contribution in [0.25, 0.3) is 0 Å². The van der Waals surface area contributed by atoms with Crippen LogP contribution in [0.5, 0.6) is 0 Å². The monoisotopic (exact) mass is 312 g/mol. The van der Waals surface area contributed by atoms with Crippen LogP contribution in [0.15, 0.2) is 0 Å². The summed E-state index contributed by atoms with van der Waals surface area (Å²) in [5, 5.41) is 0. The molecule has 1 saturated carbocycles. The van der Waals surface area contributed by atoms with Gasteiger partial charge in [-0.05, 0) is 36.5 Å². The topological polar surface area (TPSA) is 52.6 Å². The van der Waals surface area contributed by atoms with Gasteiger partial charge in [0, 0.05) is 0 Å². The average molecular weight is 312 g/mol. The lowest BCUT2D eigenvalue weighted by atomic mass is 9.67. The lowest BCUT2D eigenvalue weighted by molar-refractivity contribution is -0.169. The van der Waals surface area contributed by atoms with E-state index in [9.17, 15) is 9.59 Å². The molecule has 0 radical (unpaired) electrons. The molecular formula is C18H32O4. The van der Waals surface area contributed by atoms with Crippen LogP contribution in [0.4, 0.5) is 0 Å². The van der Waals surface area contributed by atoms with Gasteiger partial charge >= 0.3 is 11.9 Å². The van der Waals surface area contributed by atoms with Crippen molar-refractivity contribution in [1.29, 1.82) is 0 Å². The number of hydrogen-bond acceptors (Lipinski definition) is 4. The molecule has 1 aliphatic carbocycles. The summed E-state index contributed by atoms with van der Waals surface area (Å²) in [7, 11) is 0. The predicted molar refractivity (Wildman–Crippen MR) is 86.1 cm³/mol. The van der Waals surface area contributed by atoms with Gasteiger partial charge in [-0.25, -0.2) is 0 Å². The quantitative estimate of drug-likeness (QED) is 0.702. The van der Waals surface area contributed by atoms with Gasteiger partial charge in [-0.15, -0.1) is 0 Å². The molecule has 4 nitrogen and oxygen atoms in total. The van der Waals surface area contributed by atoms with Crippen molar-refractivity contribution in [2.45, 2.75) is 54.4 Å². The minimum Gasteiger partial charge on any atom is -0.465 e. The Morgan fingerprint density at radius 3 is 1.41 bits per heavy atom. The lowest BCUT2D eigenvalue weighted by Crippen LogP contribution is -2.43. The van der Waals surface area contributed by atoms with Crippen molar-refractivity contribution in [1.82, 2.24) is 0 Å². The third-order valence-corrected chi connectivity index (χ3v) is 4.35. The van der Waals surface area contributed by atoms with E-state index in [1.165, 1.54) is 0 Å². The molecular weight excluding hydrogens is 280 g/mol. The van der Waals surface area contributed by atoms with E-state index < -0.39 is 0 Å². The van der Waals surface area contributed by atoms with Gasteiger partial charge in [0.15, 0.2) is 0 Å². The fraction of sp³-hybridized carbons (Fsp3) is 0.889. The molecule has 0 saturated heterocycles. The van der Waals surface area contributed by atoms with Crippen molar-refractivity contribution in [3.63, 3.8) is 0 Å². The fourth-order valence-electron chi connectivity index (χ4n) is 3.04. The highest BCUT2D eigenvalue weighted by Crippen LogP contribution is 2.40. The molecule has 128 valence electrons. The zero-order chi connectivity index (χ0) is 16.9. The maximum absolute atomic E-state index is 12.5. The summed E-state index contributed by atoms with van der Waals surface area (Å²) < 4.78 is 10.8. The zero-order valence-corrected chi connectivity index (χ0v) is 14.9. The summed E-state index contributed by atoms with van der Waals surface area (Å²) in [6.45, 7) is 12.9. The molecule has 4 atom stereocenters. The smallest absolute Gasteiger partial charge is 0.310 e. The van der Waals surface area contributed by atoms with E-state index in [4.69, 9.17) is 9.47 Å². The largest absolute Gasteiger partial charge is 0.465 e. The van der Waals surface area contributed by atoms with Crippen LogP contribution in [-0.4, -0.2) is 25.2 Å². The first-order valence-corrected chi connectivity index (χ1v) is 8.57. The molecule has 0 heterocycles. The summed E-state index contributed by atoms with van der Waals surface area (Å²) in [4.78, 5) is 25.0. The molecule has 1 rings (SSSR count). The van der Waals surface area contributed by atoms with Crippen molar-refractivity contribution in [2.75, 3.05) is 13.2 Å². The Morgan fingerprint density at radius 2 is 1.14 bits per heavy atom.